The molecular weight excluding hydrogens is 272 g/mol. The molecule has 0 amide bonds. The monoisotopic (exact) mass is 290 g/mol. The number of anilines is 1. The van der Waals surface area contributed by atoms with Crippen LogP contribution in [-0.2, 0) is 10.8 Å². The van der Waals surface area contributed by atoms with Crippen molar-refractivity contribution in [2.75, 3.05) is 23.9 Å². The quantitative estimate of drug-likeness (QED) is 0.944. The van der Waals surface area contributed by atoms with E-state index in [9.17, 15) is 4.21 Å². The number of rotatable bonds is 3. The summed E-state index contributed by atoms with van der Waals surface area (Å²) >= 11 is 0. The number of benzene rings is 1. The van der Waals surface area contributed by atoms with Crippen molar-refractivity contribution in [3.63, 3.8) is 0 Å². The molecular formula is C15H18N2O2S. The number of methoxy groups -OCH3 is 1. The van der Waals surface area contributed by atoms with Crippen molar-refractivity contribution in [1.29, 1.82) is 0 Å². The Morgan fingerprint density at radius 1 is 1.25 bits per heavy atom. The fraction of sp³-hybridized carbons (Fsp3) is 0.400. The Morgan fingerprint density at radius 3 is 2.80 bits per heavy atom. The van der Waals surface area contributed by atoms with Crippen LogP contribution in [0.4, 0.5) is 5.82 Å². The second kappa shape index (κ2) is 5.79. The third kappa shape index (κ3) is 2.63. The minimum atomic E-state index is -0.632. The van der Waals surface area contributed by atoms with E-state index < -0.39 is 10.8 Å². The van der Waals surface area contributed by atoms with Crippen molar-refractivity contribution in [3.05, 3.63) is 30.5 Å². The fourth-order valence-corrected chi connectivity index (χ4v) is 3.90. The number of ether oxygens (including phenoxy) is 1. The van der Waals surface area contributed by atoms with Gasteiger partial charge in [0.1, 0.15) is 11.6 Å². The predicted molar refractivity (Wildman–Crippen MR) is 82.8 cm³/mol. The zero-order chi connectivity index (χ0) is 13.9. The molecule has 1 aliphatic heterocycles. The van der Waals surface area contributed by atoms with Crippen LogP contribution in [0.1, 0.15) is 12.8 Å². The highest BCUT2D eigenvalue weighted by Crippen LogP contribution is 2.30. The summed E-state index contributed by atoms with van der Waals surface area (Å²) in [6, 6.07) is 8.31. The number of nitrogens with zero attached hydrogens (tertiary/aromatic N) is 1. The average molecular weight is 290 g/mol. The predicted octanol–water partition coefficient (Wildman–Crippen LogP) is 2.57. The summed E-state index contributed by atoms with van der Waals surface area (Å²) in [7, 11) is 1.05. The van der Waals surface area contributed by atoms with Gasteiger partial charge in [-0.2, -0.15) is 0 Å². The molecule has 1 N–H and O–H groups in total. The Morgan fingerprint density at radius 2 is 2.05 bits per heavy atom. The second-order valence-corrected chi connectivity index (χ2v) is 6.68. The number of fused-ring (bicyclic) bond motifs is 1. The van der Waals surface area contributed by atoms with E-state index >= 15 is 0 Å². The molecule has 1 aromatic carbocycles. The summed E-state index contributed by atoms with van der Waals surface area (Å²) < 4.78 is 16.8. The Labute approximate surface area is 121 Å². The fourth-order valence-electron chi connectivity index (χ4n) is 2.60. The van der Waals surface area contributed by atoms with E-state index in [4.69, 9.17) is 4.74 Å². The summed E-state index contributed by atoms with van der Waals surface area (Å²) in [6.07, 6.45) is 3.68. The molecule has 20 heavy (non-hydrogen) atoms. The van der Waals surface area contributed by atoms with Gasteiger partial charge in [0, 0.05) is 45.3 Å². The van der Waals surface area contributed by atoms with Crippen molar-refractivity contribution in [2.45, 2.75) is 18.9 Å². The second-order valence-electron chi connectivity index (χ2n) is 4.98. The zero-order valence-corrected chi connectivity index (χ0v) is 12.3. The molecule has 0 bridgehead atoms. The van der Waals surface area contributed by atoms with Crippen LogP contribution in [0.2, 0.25) is 0 Å². The lowest BCUT2D eigenvalue weighted by atomic mass is 10.1. The van der Waals surface area contributed by atoms with Gasteiger partial charge in [-0.15, -0.1) is 0 Å². The van der Waals surface area contributed by atoms with Gasteiger partial charge in [-0.3, -0.25) is 4.21 Å². The van der Waals surface area contributed by atoms with Crippen molar-refractivity contribution in [1.82, 2.24) is 4.98 Å². The first kappa shape index (κ1) is 13.4. The van der Waals surface area contributed by atoms with Crippen molar-refractivity contribution in [2.24, 2.45) is 0 Å². The van der Waals surface area contributed by atoms with Gasteiger partial charge < -0.3 is 10.1 Å². The third-order valence-corrected chi connectivity index (χ3v) is 5.10. The van der Waals surface area contributed by atoms with Crippen molar-refractivity contribution < 1.29 is 8.95 Å². The van der Waals surface area contributed by atoms with Crippen LogP contribution in [0, 0.1) is 0 Å². The third-order valence-electron chi connectivity index (χ3n) is 3.71. The molecule has 0 atom stereocenters. The largest absolute Gasteiger partial charge is 0.496 e. The standard InChI is InChI=1S/C15H18N2O2S/c1-19-14-4-2-3-13-12(14)5-8-16-15(13)17-11-6-9-20(18)10-7-11/h2-5,8,11H,6-7,9-10H2,1H3,(H,16,17). The lowest BCUT2D eigenvalue weighted by Crippen LogP contribution is -2.29. The highest BCUT2D eigenvalue weighted by atomic mass is 32.2. The van der Waals surface area contributed by atoms with Crippen LogP contribution in [0.15, 0.2) is 30.5 Å². The van der Waals surface area contributed by atoms with Gasteiger partial charge in [0.05, 0.1) is 7.11 Å². The average Bonchev–Trinajstić information content (AvgIpc) is 2.49. The highest BCUT2D eigenvalue weighted by Gasteiger charge is 2.18. The first-order valence-electron chi connectivity index (χ1n) is 6.81. The molecule has 1 fully saturated rings. The van der Waals surface area contributed by atoms with E-state index in [1.807, 2.05) is 24.3 Å². The highest BCUT2D eigenvalue weighted by molar-refractivity contribution is 7.85. The maximum Gasteiger partial charge on any atom is 0.134 e. The molecule has 106 valence electrons. The zero-order valence-electron chi connectivity index (χ0n) is 11.5. The molecule has 1 saturated heterocycles. The molecule has 0 radical (unpaired) electrons. The number of nitrogens with one attached hydrogen (secondary N) is 1. The van der Waals surface area contributed by atoms with Crippen LogP contribution in [0.5, 0.6) is 5.75 Å². The van der Waals surface area contributed by atoms with E-state index in [-0.39, 0.29) is 0 Å². The van der Waals surface area contributed by atoms with Gasteiger partial charge >= 0.3 is 0 Å². The molecule has 5 heteroatoms. The molecule has 2 aromatic rings. The van der Waals surface area contributed by atoms with E-state index in [0.29, 0.717) is 6.04 Å². The van der Waals surface area contributed by atoms with Gasteiger partial charge in [-0.05, 0) is 25.0 Å². The minimum Gasteiger partial charge on any atom is -0.496 e. The lowest BCUT2D eigenvalue weighted by molar-refractivity contribution is 0.420. The first-order valence-corrected chi connectivity index (χ1v) is 8.30. The molecule has 4 nitrogen and oxygen atoms in total. The molecule has 1 aliphatic rings. The van der Waals surface area contributed by atoms with Gasteiger partial charge in [-0.25, -0.2) is 4.98 Å². The Balaban J connectivity index is 1.90. The van der Waals surface area contributed by atoms with Crippen LogP contribution in [-0.4, -0.2) is 33.9 Å². The normalized spacial score (nSPS) is 22.6. The maximum absolute atomic E-state index is 11.4. The summed E-state index contributed by atoms with van der Waals surface area (Å²) in [4.78, 5) is 4.45. The van der Waals surface area contributed by atoms with Crippen molar-refractivity contribution >= 4 is 27.4 Å². The van der Waals surface area contributed by atoms with E-state index in [0.717, 1.165) is 46.7 Å². The molecule has 0 spiro atoms. The minimum absolute atomic E-state index is 0.358. The Kier molecular flexibility index (Phi) is 3.87. The molecule has 0 saturated carbocycles. The first-order chi connectivity index (χ1) is 9.78. The molecule has 0 aliphatic carbocycles. The SMILES string of the molecule is COc1cccc2c(NC3CCS(=O)CC3)nccc12. The molecule has 1 aromatic heterocycles. The van der Waals surface area contributed by atoms with Gasteiger partial charge in [0.25, 0.3) is 0 Å². The van der Waals surface area contributed by atoms with Gasteiger partial charge in [0.15, 0.2) is 0 Å². The number of hydrogen-bond donors (Lipinski definition) is 1. The summed E-state index contributed by atoms with van der Waals surface area (Å²) in [5, 5.41) is 5.62. The van der Waals surface area contributed by atoms with Crippen molar-refractivity contribution in [3.8, 4) is 5.75 Å². The van der Waals surface area contributed by atoms with E-state index in [1.54, 1.807) is 13.3 Å². The number of aromatic nitrogens is 1. The maximum atomic E-state index is 11.4. The van der Waals surface area contributed by atoms with Gasteiger partial charge in [-0.1, -0.05) is 12.1 Å². The van der Waals surface area contributed by atoms with Gasteiger partial charge in [0.2, 0.25) is 0 Å². The molecule has 2 heterocycles. The lowest BCUT2D eigenvalue weighted by Gasteiger charge is -2.23. The molecule has 3 rings (SSSR count). The summed E-state index contributed by atoms with van der Waals surface area (Å²) in [5.74, 6) is 3.31. The summed E-state index contributed by atoms with van der Waals surface area (Å²) in [5.41, 5.74) is 0. The smallest absolute Gasteiger partial charge is 0.134 e. The summed E-state index contributed by atoms with van der Waals surface area (Å²) in [6.45, 7) is 0. The Hall–Kier alpha value is -1.62. The van der Waals surface area contributed by atoms with Crippen LogP contribution < -0.4 is 10.1 Å². The number of hydrogen-bond acceptors (Lipinski definition) is 4. The Bertz CT molecular complexity index is 635. The topological polar surface area (TPSA) is 51.2 Å². The van der Waals surface area contributed by atoms with E-state index in [2.05, 4.69) is 10.3 Å². The van der Waals surface area contributed by atoms with Crippen LogP contribution in [0.3, 0.4) is 0 Å². The van der Waals surface area contributed by atoms with Crippen LogP contribution in [0.25, 0.3) is 10.8 Å². The molecule has 0 unspecified atom stereocenters. The van der Waals surface area contributed by atoms with Crippen LogP contribution >= 0.6 is 0 Å². The number of pyridine rings is 1. The van der Waals surface area contributed by atoms with E-state index in [1.165, 1.54) is 0 Å².